The normalized spacial score (nSPS) is 22.6. The van der Waals surface area contributed by atoms with Gasteiger partial charge in [0, 0.05) is 43.5 Å². The number of nitrogens with zero attached hydrogens (tertiary/aromatic N) is 2. The Kier molecular flexibility index (Phi) is 4.79. The highest BCUT2D eigenvalue weighted by Gasteiger charge is 2.40. The summed E-state index contributed by atoms with van der Waals surface area (Å²) in [5, 5.41) is 3.38. The van der Waals surface area contributed by atoms with E-state index >= 15 is 0 Å². The second-order valence-corrected chi connectivity index (χ2v) is 8.79. The van der Waals surface area contributed by atoms with Crippen LogP contribution in [0.3, 0.4) is 0 Å². The Morgan fingerprint density at radius 1 is 1.19 bits per heavy atom. The molecule has 1 aromatic heterocycles. The second-order valence-electron chi connectivity index (χ2n) is 6.89. The van der Waals surface area contributed by atoms with E-state index in [1.54, 1.807) is 22.6 Å². The Morgan fingerprint density at radius 3 is 2.81 bits per heavy atom. The number of nitrogens with one attached hydrogen (secondary N) is 1. The van der Waals surface area contributed by atoms with Gasteiger partial charge in [0.25, 0.3) is 0 Å². The summed E-state index contributed by atoms with van der Waals surface area (Å²) in [5.74, 6) is 1.21. The molecule has 0 saturated carbocycles. The number of fused-ring (bicyclic) bond motifs is 3. The van der Waals surface area contributed by atoms with Crippen molar-refractivity contribution in [3.63, 3.8) is 0 Å². The Hall–Kier alpha value is -2.16. The van der Waals surface area contributed by atoms with Crippen LogP contribution in [0.4, 0.5) is 0 Å². The van der Waals surface area contributed by atoms with Crippen molar-refractivity contribution in [3.8, 4) is 11.5 Å². The standard InChI is InChI=1S/C19H23N3O4S/c1-25-15-5-6-17(26-2)18(8-15)27(23,24)22-11-13-4-3-7-21-19(13)16-10-20-9-14(16)12-22/h3-8,14,16,20H,9-12H2,1-2H3/t14-,16+/m1/s1. The van der Waals surface area contributed by atoms with Gasteiger partial charge in [-0.3, -0.25) is 4.98 Å². The van der Waals surface area contributed by atoms with Crippen LogP contribution in [0.25, 0.3) is 0 Å². The largest absolute Gasteiger partial charge is 0.497 e. The molecule has 1 fully saturated rings. The van der Waals surface area contributed by atoms with Gasteiger partial charge in [0.05, 0.1) is 14.2 Å². The fourth-order valence-electron chi connectivity index (χ4n) is 3.99. The van der Waals surface area contributed by atoms with E-state index in [4.69, 9.17) is 9.47 Å². The Labute approximate surface area is 159 Å². The molecule has 1 N–H and O–H groups in total. The van der Waals surface area contributed by atoms with Gasteiger partial charge in [-0.05, 0) is 36.2 Å². The predicted molar refractivity (Wildman–Crippen MR) is 100 cm³/mol. The number of rotatable bonds is 4. The molecule has 7 nitrogen and oxygen atoms in total. The van der Waals surface area contributed by atoms with Crippen molar-refractivity contribution < 1.29 is 17.9 Å². The molecule has 0 bridgehead atoms. The zero-order valence-corrected chi connectivity index (χ0v) is 16.2. The van der Waals surface area contributed by atoms with Crippen LogP contribution in [0.5, 0.6) is 11.5 Å². The summed E-state index contributed by atoms with van der Waals surface area (Å²) in [4.78, 5) is 4.69. The number of hydrogen-bond donors (Lipinski definition) is 1. The molecule has 0 radical (unpaired) electrons. The maximum atomic E-state index is 13.5. The zero-order chi connectivity index (χ0) is 19.0. The van der Waals surface area contributed by atoms with Crippen LogP contribution in [0, 0.1) is 5.92 Å². The van der Waals surface area contributed by atoms with E-state index in [2.05, 4.69) is 10.3 Å². The lowest BCUT2D eigenvalue weighted by Gasteiger charge is -2.24. The van der Waals surface area contributed by atoms with Crippen LogP contribution in [0.1, 0.15) is 17.2 Å². The average molecular weight is 389 g/mol. The van der Waals surface area contributed by atoms with Crippen LogP contribution in [0.2, 0.25) is 0 Å². The number of aromatic nitrogens is 1. The molecule has 8 heteroatoms. The highest BCUT2D eigenvalue weighted by molar-refractivity contribution is 7.89. The molecule has 0 unspecified atom stereocenters. The highest BCUT2D eigenvalue weighted by Crippen LogP contribution is 2.37. The van der Waals surface area contributed by atoms with Gasteiger partial charge in [-0.25, -0.2) is 8.42 Å². The van der Waals surface area contributed by atoms with E-state index in [1.165, 1.54) is 20.3 Å². The summed E-state index contributed by atoms with van der Waals surface area (Å²) >= 11 is 0. The topological polar surface area (TPSA) is 80.8 Å². The first kappa shape index (κ1) is 18.2. The van der Waals surface area contributed by atoms with Gasteiger partial charge in [-0.15, -0.1) is 0 Å². The van der Waals surface area contributed by atoms with Gasteiger partial charge < -0.3 is 14.8 Å². The molecule has 1 saturated heterocycles. The summed E-state index contributed by atoms with van der Waals surface area (Å²) in [5.41, 5.74) is 1.96. The molecule has 2 aliphatic rings. The fraction of sp³-hybridized carbons (Fsp3) is 0.421. The lowest BCUT2D eigenvalue weighted by Crippen LogP contribution is -2.35. The van der Waals surface area contributed by atoms with Crippen LogP contribution in [0.15, 0.2) is 41.4 Å². The molecular weight excluding hydrogens is 366 g/mol. The minimum absolute atomic E-state index is 0.124. The Balaban J connectivity index is 1.79. The third kappa shape index (κ3) is 3.18. The smallest absolute Gasteiger partial charge is 0.247 e. The van der Waals surface area contributed by atoms with Gasteiger partial charge >= 0.3 is 0 Å². The first-order valence-corrected chi connectivity index (χ1v) is 10.3. The van der Waals surface area contributed by atoms with Gasteiger partial charge in [0.2, 0.25) is 10.0 Å². The van der Waals surface area contributed by atoms with Gasteiger partial charge in [0.15, 0.2) is 0 Å². The summed E-state index contributed by atoms with van der Waals surface area (Å²) in [6.45, 7) is 2.35. The van der Waals surface area contributed by atoms with Crippen LogP contribution < -0.4 is 14.8 Å². The minimum atomic E-state index is -3.77. The molecule has 2 atom stereocenters. The maximum absolute atomic E-state index is 13.5. The molecule has 3 heterocycles. The monoisotopic (exact) mass is 389 g/mol. The van der Waals surface area contributed by atoms with Crippen LogP contribution in [-0.4, -0.2) is 51.6 Å². The third-order valence-electron chi connectivity index (χ3n) is 5.39. The molecule has 2 aliphatic heterocycles. The van der Waals surface area contributed by atoms with Crippen molar-refractivity contribution in [3.05, 3.63) is 47.8 Å². The van der Waals surface area contributed by atoms with E-state index < -0.39 is 10.0 Å². The Morgan fingerprint density at radius 2 is 2.04 bits per heavy atom. The highest BCUT2D eigenvalue weighted by atomic mass is 32.2. The van der Waals surface area contributed by atoms with Crippen molar-refractivity contribution in [2.75, 3.05) is 33.9 Å². The number of benzene rings is 1. The number of methoxy groups -OCH3 is 2. The fourth-order valence-corrected chi connectivity index (χ4v) is 5.63. The SMILES string of the molecule is COc1ccc(OC)c(S(=O)(=O)N2Cc3cccnc3[C@H]3CNC[C@@H]3C2)c1. The van der Waals surface area contributed by atoms with Crippen molar-refractivity contribution >= 4 is 10.0 Å². The first-order valence-electron chi connectivity index (χ1n) is 8.91. The maximum Gasteiger partial charge on any atom is 0.247 e. The van der Waals surface area contributed by atoms with Gasteiger partial charge in [-0.1, -0.05) is 6.07 Å². The van der Waals surface area contributed by atoms with Crippen molar-refractivity contribution in [2.24, 2.45) is 5.92 Å². The molecule has 1 aromatic carbocycles. The molecule has 0 amide bonds. The summed E-state index contributed by atoms with van der Waals surface area (Å²) in [7, 11) is -0.783. The average Bonchev–Trinajstić information content (AvgIpc) is 3.09. The summed E-state index contributed by atoms with van der Waals surface area (Å²) < 4.78 is 39.2. The Bertz CT molecular complexity index is 948. The molecule has 2 aromatic rings. The molecule has 4 rings (SSSR count). The zero-order valence-electron chi connectivity index (χ0n) is 15.4. The van der Waals surface area contributed by atoms with Crippen molar-refractivity contribution in [1.29, 1.82) is 0 Å². The first-order chi connectivity index (χ1) is 13.0. The van der Waals surface area contributed by atoms with E-state index in [9.17, 15) is 8.42 Å². The molecule has 0 spiro atoms. The van der Waals surface area contributed by atoms with Crippen LogP contribution in [-0.2, 0) is 16.6 Å². The lowest BCUT2D eigenvalue weighted by molar-refractivity contribution is 0.344. The molecular formula is C19H23N3O4S. The second kappa shape index (κ2) is 7.10. The van der Waals surface area contributed by atoms with Crippen molar-refractivity contribution in [1.82, 2.24) is 14.6 Å². The predicted octanol–water partition coefficient (Wildman–Crippen LogP) is 1.61. The van der Waals surface area contributed by atoms with Gasteiger partial charge in [-0.2, -0.15) is 4.31 Å². The number of ether oxygens (including phenoxy) is 2. The summed E-state index contributed by atoms with van der Waals surface area (Å²) in [6.07, 6.45) is 1.78. The van der Waals surface area contributed by atoms with E-state index in [-0.39, 0.29) is 16.7 Å². The third-order valence-corrected chi connectivity index (χ3v) is 7.22. The van der Waals surface area contributed by atoms with Crippen LogP contribution >= 0.6 is 0 Å². The quantitative estimate of drug-likeness (QED) is 0.856. The number of pyridine rings is 1. The molecule has 27 heavy (non-hydrogen) atoms. The number of hydrogen-bond acceptors (Lipinski definition) is 6. The minimum Gasteiger partial charge on any atom is -0.497 e. The van der Waals surface area contributed by atoms with Gasteiger partial charge in [0.1, 0.15) is 16.4 Å². The van der Waals surface area contributed by atoms with E-state index in [0.717, 1.165) is 24.3 Å². The molecule has 144 valence electrons. The molecule has 0 aliphatic carbocycles. The number of sulfonamides is 1. The van der Waals surface area contributed by atoms with E-state index in [1.807, 2.05) is 12.1 Å². The van der Waals surface area contributed by atoms with E-state index in [0.29, 0.717) is 24.6 Å². The van der Waals surface area contributed by atoms with Crippen molar-refractivity contribution in [2.45, 2.75) is 17.4 Å². The lowest BCUT2D eigenvalue weighted by atomic mass is 9.91. The summed E-state index contributed by atoms with van der Waals surface area (Å²) in [6, 6.07) is 8.66.